The average molecular weight is 284 g/mol. The van der Waals surface area contributed by atoms with Gasteiger partial charge in [0.25, 0.3) is 5.91 Å². The summed E-state index contributed by atoms with van der Waals surface area (Å²) in [6, 6.07) is 5.78. The van der Waals surface area contributed by atoms with Crippen molar-refractivity contribution in [1.29, 1.82) is 0 Å². The Hall–Kier alpha value is -1.50. The highest BCUT2D eigenvalue weighted by molar-refractivity contribution is 5.94. The number of hydrogen-bond donors (Lipinski definition) is 1. The van der Waals surface area contributed by atoms with Gasteiger partial charge in [0.15, 0.2) is 0 Å². The van der Waals surface area contributed by atoms with Crippen LogP contribution in [0.2, 0.25) is 0 Å². The van der Waals surface area contributed by atoms with E-state index >= 15 is 0 Å². The number of carbonyl (C=O) groups excluding carboxylic acids is 1. The molecule has 5 nitrogen and oxygen atoms in total. The third kappa shape index (κ3) is 5.64. The molecule has 0 bridgehead atoms. The molecule has 1 aromatic rings. The van der Waals surface area contributed by atoms with Crippen LogP contribution >= 0.6 is 0 Å². The van der Waals surface area contributed by atoms with Crippen molar-refractivity contribution in [3.63, 3.8) is 0 Å². The maximum Gasteiger partial charge on any atom is 0.252 e. The first-order valence-electron chi connectivity index (χ1n) is 6.51. The second kappa shape index (κ2) is 9.41. The predicted octanol–water partition coefficient (Wildman–Crippen LogP) is 1.17. The maximum atomic E-state index is 12.9. The van der Waals surface area contributed by atoms with Gasteiger partial charge in [-0.3, -0.25) is 4.79 Å². The standard InChI is InChI=1S/C14H21FN2O3/c1-19-9-10-20-11-14(18)17(8-2-7-16)13-5-3-12(15)4-6-13/h3-6H,2,7-11,16H2,1H3. The fraction of sp³-hybridized carbons (Fsp3) is 0.500. The molecule has 0 heterocycles. The van der Waals surface area contributed by atoms with Crippen LogP contribution in [0.4, 0.5) is 10.1 Å². The first-order valence-corrected chi connectivity index (χ1v) is 6.51. The van der Waals surface area contributed by atoms with Crippen molar-refractivity contribution in [2.45, 2.75) is 6.42 Å². The molecular formula is C14H21FN2O3. The van der Waals surface area contributed by atoms with Crippen LogP contribution in [0, 0.1) is 5.82 Å². The summed E-state index contributed by atoms with van der Waals surface area (Å²) < 4.78 is 23.0. The van der Waals surface area contributed by atoms with Crippen molar-refractivity contribution in [1.82, 2.24) is 0 Å². The highest BCUT2D eigenvalue weighted by Gasteiger charge is 2.15. The number of nitrogens with zero attached hydrogens (tertiary/aromatic N) is 1. The highest BCUT2D eigenvalue weighted by atomic mass is 19.1. The van der Waals surface area contributed by atoms with Gasteiger partial charge in [-0.15, -0.1) is 0 Å². The second-order valence-corrected chi connectivity index (χ2v) is 4.21. The van der Waals surface area contributed by atoms with E-state index in [4.69, 9.17) is 15.2 Å². The number of hydrogen-bond acceptors (Lipinski definition) is 4. The Morgan fingerprint density at radius 3 is 2.60 bits per heavy atom. The molecule has 0 aliphatic heterocycles. The Kier molecular flexibility index (Phi) is 7.79. The number of anilines is 1. The topological polar surface area (TPSA) is 64.8 Å². The zero-order valence-corrected chi connectivity index (χ0v) is 11.7. The summed E-state index contributed by atoms with van der Waals surface area (Å²) in [6.45, 7) is 1.72. The lowest BCUT2D eigenvalue weighted by atomic mass is 10.2. The Morgan fingerprint density at radius 2 is 2.00 bits per heavy atom. The summed E-state index contributed by atoms with van der Waals surface area (Å²) >= 11 is 0. The summed E-state index contributed by atoms with van der Waals surface area (Å²) in [6.07, 6.45) is 0.668. The van der Waals surface area contributed by atoms with Crippen LogP contribution in [-0.4, -0.2) is 45.9 Å². The van der Waals surface area contributed by atoms with E-state index in [1.165, 1.54) is 12.1 Å². The number of halogens is 1. The largest absolute Gasteiger partial charge is 0.382 e. The van der Waals surface area contributed by atoms with E-state index in [0.717, 1.165) is 0 Å². The van der Waals surface area contributed by atoms with Gasteiger partial charge in [0, 0.05) is 19.3 Å². The molecule has 0 atom stereocenters. The quantitative estimate of drug-likeness (QED) is 0.691. The van der Waals surface area contributed by atoms with E-state index in [2.05, 4.69) is 0 Å². The Bertz CT molecular complexity index is 398. The van der Waals surface area contributed by atoms with E-state index in [0.29, 0.717) is 38.4 Å². The smallest absolute Gasteiger partial charge is 0.252 e. The fourth-order valence-electron chi connectivity index (χ4n) is 1.65. The van der Waals surface area contributed by atoms with Crippen molar-refractivity contribution in [3.8, 4) is 0 Å². The lowest BCUT2D eigenvalue weighted by molar-refractivity contribution is -0.123. The molecule has 2 N–H and O–H groups in total. The van der Waals surface area contributed by atoms with E-state index < -0.39 is 0 Å². The molecule has 1 aromatic carbocycles. The number of nitrogens with two attached hydrogens (primary N) is 1. The zero-order valence-electron chi connectivity index (χ0n) is 11.7. The summed E-state index contributed by atoms with van der Waals surface area (Å²) in [4.78, 5) is 13.7. The molecule has 112 valence electrons. The van der Waals surface area contributed by atoms with Crippen molar-refractivity contribution in [2.75, 3.05) is 44.9 Å². The molecule has 6 heteroatoms. The molecule has 20 heavy (non-hydrogen) atoms. The normalized spacial score (nSPS) is 10.6. The molecular weight excluding hydrogens is 263 g/mol. The van der Waals surface area contributed by atoms with Crippen LogP contribution in [0.1, 0.15) is 6.42 Å². The molecule has 0 aliphatic rings. The number of methoxy groups -OCH3 is 1. The second-order valence-electron chi connectivity index (χ2n) is 4.21. The minimum atomic E-state index is -0.337. The van der Waals surface area contributed by atoms with Crippen LogP contribution in [0.25, 0.3) is 0 Å². The maximum absolute atomic E-state index is 12.9. The Balaban J connectivity index is 2.62. The van der Waals surface area contributed by atoms with Gasteiger partial charge in [0.2, 0.25) is 0 Å². The minimum absolute atomic E-state index is 0.0364. The summed E-state index contributed by atoms with van der Waals surface area (Å²) in [5.41, 5.74) is 6.11. The van der Waals surface area contributed by atoms with Crippen molar-refractivity contribution in [2.24, 2.45) is 5.73 Å². The third-order valence-electron chi connectivity index (χ3n) is 2.68. The lowest BCUT2D eigenvalue weighted by Crippen LogP contribution is -2.36. The van der Waals surface area contributed by atoms with Crippen LogP contribution in [0.15, 0.2) is 24.3 Å². The zero-order chi connectivity index (χ0) is 14.8. The molecule has 0 fully saturated rings. The number of carbonyl (C=O) groups is 1. The van der Waals surface area contributed by atoms with Gasteiger partial charge in [-0.1, -0.05) is 0 Å². The van der Waals surface area contributed by atoms with Gasteiger partial charge in [0.05, 0.1) is 13.2 Å². The van der Waals surface area contributed by atoms with Gasteiger partial charge in [-0.25, -0.2) is 4.39 Å². The predicted molar refractivity (Wildman–Crippen MR) is 75.1 cm³/mol. The molecule has 0 aromatic heterocycles. The number of benzene rings is 1. The van der Waals surface area contributed by atoms with E-state index in [1.54, 1.807) is 24.1 Å². The Labute approximate surface area is 118 Å². The van der Waals surface area contributed by atoms with Crippen LogP contribution in [0.3, 0.4) is 0 Å². The molecule has 0 radical (unpaired) electrons. The van der Waals surface area contributed by atoms with Gasteiger partial charge in [-0.2, -0.15) is 0 Å². The van der Waals surface area contributed by atoms with E-state index in [1.807, 2.05) is 0 Å². The van der Waals surface area contributed by atoms with Crippen LogP contribution < -0.4 is 10.6 Å². The molecule has 0 aliphatic carbocycles. The average Bonchev–Trinajstić information content (AvgIpc) is 2.46. The SMILES string of the molecule is COCCOCC(=O)N(CCCN)c1ccc(F)cc1. The van der Waals surface area contributed by atoms with Crippen LogP contribution in [-0.2, 0) is 14.3 Å². The first kappa shape index (κ1) is 16.6. The van der Waals surface area contributed by atoms with E-state index in [9.17, 15) is 9.18 Å². The number of ether oxygens (including phenoxy) is 2. The van der Waals surface area contributed by atoms with Gasteiger partial charge in [-0.05, 0) is 37.2 Å². The summed E-state index contributed by atoms with van der Waals surface area (Å²) in [5, 5.41) is 0. The number of amides is 1. The Morgan fingerprint density at radius 1 is 1.30 bits per heavy atom. The highest BCUT2D eigenvalue weighted by Crippen LogP contribution is 2.15. The number of rotatable bonds is 9. The first-order chi connectivity index (χ1) is 9.69. The van der Waals surface area contributed by atoms with Crippen LogP contribution in [0.5, 0.6) is 0 Å². The van der Waals surface area contributed by atoms with Gasteiger partial charge in [0.1, 0.15) is 12.4 Å². The minimum Gasteiger partial charge on any atom is -0.382 e. The molecule has 0 saturated carbocycles. The van der Waals surface area contributed by atoms with Crippen molar-refractivity contribution < 1.29 is 18.7 Å². The van der Waals surface area contributed by atoms with Crippen molar-refractivity contribution in [3.05, 3.63) is 30.1 Å². The van der Waals surface area contributed by atoms with Gasteiger partial charge < -0.3 is 20.1 Å². The summed E-state index contributed by atoms with van der Waals surface area (Å²) in [5.74, 6) is -0.516. The van der Waals surface area contributed by atoms with Crippen molar-refractivity contribution >= 4 is 11.6 Å². The lowest BCUT2D eigenvalue weighted by Gasteiger charge is -2.22. The molecule has 1 amide bonds. The van der Waals surface area contributed by atoms with Gasteiger partial charge >= 0.3 is 0 Å². The molecule has 0 saturated heterocycles. The third-order valence-corrected chi connectivity index (χ3v) is 2.68. The molecule has 1 rings (SSSR count). The molecule has 0 spiro atoms. The fourth-order valence-corrected chi connectivity index (χ4v) is 1.65. The monoisotopic (exact) mass is 284 g/mol. The summed E-state index contributed by atoms with van der Waals surface area (Å²) in [7, 11) is 1.57. The molecule has 0 unspecified atom stereocenters. The van der Waals surface area contributed by atoms with E-state index in [-0.39, 0.29) is 18.3 Å².